The third-order valence-corrected chi connectivity index (χ3v) is 7.92. The summed E-state index contributed by atoms with van der Waals surface area (Å²) in [5, 5.41) is 2.82. The van der Waals surface area contributed by atoms with E-state index in [0.29, 0.717) is 11.3 Å². The van der Waals surface area contributed by atoms with Gasteiger partial charge in [0.2, 0.25) is 0 Å². The number of carbonyl (C=O) groups excluding carboxylic acids is 1. The van der Waals surface area contributed by atoms with Crippen LogP contribution in [0.5, 0.6) is 0 Å². The van der Waals surface area contributed by atoms with Crippen LogP contribution in [0.4, 0.5) is 5.69 Å². The van der Waals surface area contributed by atoms with Gasteiger partial charge in [0, 0.05) is 11.8 Å². The maximum Gasteiger partial charge on any atom is 0.262 e. The van der Waals surface area contributed by atoms with Gasteiger partial charge >= 0.3 is 0 Å². The fourth-order valence-corrected chi connectivity index (χ4v) is 5.32. The number of sulfonamides is 1. The zero-order valence-corrected chi connectivity index (χ0v) is 20.4. The van der Waals surface area contributed by atoms with E-state index < -0.39 is 31.8 Å². The standard InChI is InChI=1S/C24H26N2O5S2/c1-16-7-5-6-8-22(16)26-33(30,31)23-15-20(10-9-17(23)2)24(27)25-18(3)19-11-13-21(14-12-19)32(4,28)29/h5-15,18,26H,1-4H3,(H,25,27). The minimum absolute atomic E-state index is 0.0172. The Morgan fingerprint density at radius 2 is 1.48 bits per heavy atom. The molecule has 0 saturated heterocycles. The van der Waals surface area contributed by atoms with E-state index in [9.17, 15) is 21.6 Å². The summed E-state index contributed by atoms with van der Waals surface area (Å²) in [5.41, 5.74) is 2.68. The quantitative estimate of drug-likeness (QED) is 0.525. The number of benzene rings is 3. The van der Waals surface area contributed by atoms with Gasteiger partial charge in [-0.15, -0.1) is 0 Å². The molecule has 1 unspecified atom stereocenters. The molecule has 0 aliphatic heterocycles. The van der Waals surface area contributed by atoms with Crippen molar-refractivity contribution in [1.29, 1.82) is 0 Å². The molecule has 0 bridgehead atoms. The van der Waals surface area contributed by atoms with Crippen LogP contribution in [0.1, 0.15) is 40.0 Å². The summed E-state index contributed by atoms with van der Waals surface area (Å²) in [6.07, 6.45) is 1.13. The maximum atomic E-state index is 13.0. The summed E-state index contributed by atoms with van der Waals surface area (Å²) < 4.78 is 51.9. The van der Waals surface area contributed by atoms with E-state index in [1.807, 2.05) is 6.07 Å². The first-order chi connectivity index (χ1) is 15.4. The molecular weight excluding hydrogens is 460 g/mol. The summed E-state index contributed by atoms with van der Waals surface area (Å²) in [4.78, 5) is 13.0. The number of hydrogen-bond donors (Lipinski definition) is 2. The summed E-state index contributed by atoms with van der Waals surface area (Å²) in [6.45, 7) is 5.23. The van der Waals surface area contributed by atoms with Crippen LogP contribution >= 0.6 is 0 Å². The number of rotatable bonds is 7. The first-order valence-corrected chi connectivity index (χ1v) is 13.6. The van der Waals surface area contributed by atoms with Gasteiger partial charge in [0.1, 0.15) is 0 Å². The third kappa shape index (κ3) is 5.80. The van der Waals surface area contributed by atoms with Crippen molar-refractivity contribution in [3.8, 4) is 0 Å². The highest BCUT2D eigenvalue weighted by atomic mass is 32.2. The lowest BCUT2D eigenvalue weighted by Gasteiger charge is -2.16. The molecule has 33 heavy (non-hydrogen) atoms. The van der Waals surface area contributed by atoms with Crippen molar-refractivity contribution in [2.75, 3.05) is 11.0 Å². The number of aryl methyl sites for hydroxylation is 2. The third-order valence-electron chi connectivity index (χ3n) is 5.29. The molecule has 2 N–H and O–H groups in total. The lowest BCUT2D eigenvalue weighted by Crippen LogP contribution is -2.27. The molecule has 1 amide bonds. The Bertz CT molecular complexity index is 1400. The van der Waals surface area contributed by atoms with Crippen LogP contribution in [0.15, 0.2) is 76.5 Å². The van der Waals surface area contributed by atoms with Gasteiger partial charge in [0.05, 0.1) is 21.5 Å². The normalized spacial score (nSPS) is 12.7. The Labute approximate surface area is 194 Å². The van der Waals surface area contributed by atoms with E-state index in [0.717, 1.165) is 17.4 Å². The largest absolute Gasteiger partial charge is 0.346 e. The van der Waals surface area contributed by atoms with Crippen molar-refractivity contribution >= 4 is 31.5 Å². The predicted molar refractivity (Wildman–Crippen MR) is 129 cm³/mol. The lowest BCUT2D eigenvalue weighted by molar-refractivity contribution is 0.0939. The topological polar surface area (TPSA) is 109 Å². The molecule has 1 atom stereocenters. The van der Waals surface area contributed by atoms with Gasteiger partial charge in [-0.25, -0.2) is 16.8 Å². The highest BCUT2D eigenvalue weighted by Crippen LogP contribution is 2.23. The molecule has 0 spiro atoms. The SMILES string of the molecule is Cc1ccccc1NS(=O)(=O)c1cc(C(=O)NC(C)c2ccc(S(C)(=O)=O)cc2)ccc1C. The number of carbonyl (C=O) groups is 1. The highest BCUT2D eigenvalue weighted by molar-refractivity contribution is 7.92. The summed E-state index contributed by atoms with van der Waals surface area (Å²) >= 11 is 0. The van der Waals surface area contributed by atoms with Crippen LogP contribution in [0.2, 0.25) is 0 Å². The minimum Gasteiger partial charge on any atom is -0.346 e. The van der Waals surface area contributed by atoms with Crippen molar-refractivity contribution in [2.45, 2.75) is 36.6 Å². The van der Waals surface area contributed by atoms with E-state index in [1.54, 1.807) is 63.2 Å². The van der Waals surface area contributed by atoms with Gasteiger partial charge in [0.15, 0.2) is 9.84 Å². The molecule has 9 heteroatoms. The molecule has 0 aliphatic rings. The number of anilines is 1. The van der Waals surface area contributed by atoms with Crippen LogP contribution in [-0.2, 0) is 19.9 Å². The number of amides is 1. The number of nitrogens with one attached hydrogen (secondary N) is 2. The Morgan fingerprint density at radius 1 is 0.848 bits per heavy atom. The molecule has 7 nitrogen and oxygen atoms in total. The Morgan fingerprint density at radius 3 is 2.09 bits per heavy atom. The number of para-hydroxylation sites is 1. The number of sulfone groups is 1. The zero-order chi connectivity index (χ0) is 24.4. The van der Waals surface area contributed by atoms with Crippen molar-refractivity contribution in [1.82, 2.24) is 5.32 Å². The first kappa shape index (κ1) is 24.5. The molecule has 3 aromatic rings. The van der Waals surface area contributed by atoms with Crippen molar-refractivity contribution < 1.29 is 21.6 Å². The molecule has 0 saturated carbocycles. The fourth-order valence-electron chi connectivity index (χ4n) is 3.28. The van der Waals surface area contributed by atoms with Gasteiger partial charge in [-0.05, 0) is 67.8 Å². The van der Waals surface area contributed by atoms with E-state index in [-0.39, 0.29) is 15.4 Å². The van der Waals surface area contributed by atoms with E-state index in [2.05, 4.69) is 10.0 Å². The van der Waals surface area contributed by atoms with Crippen LogP contribution in [-0.4, -0.2) is 29.0 Å². The molecule has 174 valence electrons. The monoisotopic (exact) mass is 486 g/mol. The first-order valence-electron chi connectivity index (χ1n) is 10.2. The van der Waals surface area contributed by atoms with E-state index >= 15 is 0 Å². The van der Waals surface area contributed by atoms with Gasteiger partial charge in [0.25, 0.3) is 15.9 Å². The second kappa shape index (κ2) is 9.36. The second-order valence-corrected chi connectivity index (χ2v) is 11.6. The molecule has 0 heterocycles. The van der Waals surface area contributed by atoms with Crippen LogP contribution in [0.3, 0.4) is 0 Å². The summed E-state index contributed by atoms with van der Waals surface area (Å²) in [7, 11) is -7.22. The predicted octanol–water partition coefficient (Wildman–Crippen LogP) is 4.00. The number of hydrogen-bond acceptors (Lipinski definition) is 5. The Kier molecular flexibility index (Phi) is 6.94. The lowest BCUT2D eigenvalue weighted by atomic mass is 10.1. The van der Waals surface area contributed by atoms with Crippen LogP contribution in [0.25, 0.3) is 0 Å². The zero-order valence-electron chi connectivity index (χ0n) is 18.8. The minimum atomic E-state index is -3.91. The van der Waals surface area contributed by atoms with E-state index in [1.165, 1.54) is 18.2 Å². The van der Waals surface area contributed by atoms with Crippen molar-refractivity contribution in [2.24, 2.45) is 0 Å². The molecule has 0 fully saturated rings. The summed E-state index contributed by atoms with van der Waals surface area (Å²) in [5.74, 6) is -0.443. The fraction of sp³-hybridized carbons (Fsp3) is 0.208. The average molecular weight is 487 g/mol. The van der Waals surface area contributed by atoms with E-state index in [4.69, 9.17) is 0 Å². The molecule has 3 aromatic carbocycles. The smallest absolute Gasteiger partial charge is 0.262 e. The van der Waals surface area contributed by atoms with Crippen LogP contribution < -0.4 is 10.0 Å². The van der Waals surface area contributed by atoms with Crippen molar-refractivity contribution in [3.63, 3.8) is 0 Å². The maximum absolute atomic E-state index is 13.0. The molecule has 0 radical (unpaired) electrons. The molecular formula is C24H26N2O5S2. The van der Waals surface area contributed by atoms with Crippen molar-refractivity contribution in [3.05, 3.63) is 89.0 Å². The molecule has 3 rings (SSSR count). The summed E-state index contributed by atoms with van der Waals surface area (Å²) in [6, 6.07) is 17.4. The Hall–Kier alpha value is -3.17. The highest BCUT2D eigenvalue weighted by Gasteiger charge is 2.21. The van der Waals surface area contributed by atoms with Crippen LogP contribution in [0, 0.1) is 13.8 Å². The van der Waals surface area contributed by atoms with Gasteiger partial charge in [-0.1, -0.05) is 36.4 Å². The molecule has 0 aliphatic carbocycles. The van der Waals surface area contributed by atoms with Gasteiger partial charge in [-0.3, -0.25) is 9.52 Å². The van der Waals surface area contributed by atoms with Gasteiger partial charge in [-0.2, -0.15) is 0 Å². The Balaban J connectivity index is 1.82. The second-order valence-electron chi connectivity index (χ2n) is 7.94. The molecule has 0 aromatic heterocycles. The average Bonchev–Trinajstić information content (AvgIpc) is 2.74. The van der Waals surface area contributed by atoms with Gasteiger partial charge < -0.3 is 5.32 Å².